The largest absolute Gasteiger partial charge is 0.384 e. The molecule has 0 aliphatic heterocycles. The maximum atomic E-state index is 13.5. The monoisotopic (exact) mass is 482 g/mol. The summed E-state index contributed by atoms with van der Waals surface area (Å²) in [6, 6.07) is 18.9. The van der Waals surface area contributed by atoms with E-state index in [4.69, 9.17) is 22.6 Å². The van der Waals surface area contributed by atoms with Crippen molar-refractivity contribution in [3.05, 3.63) is 83.0 Å². The summed E-state index contributed by atoms with van der Waals surface area (Å²) >= 11 is 0. The molecule has 1 aliphatic carbocycles. The van der Waals surface area contributed by atoms with Crippen LogP contribution in [0.15, 0.2) is 60.7 Å². The number of rotatable bonds is 6. The second-order valence-electron chi connectivity index (χ2n) is 9.57. The molecule has 2 amide bonds. The molecule has 8 nitrogen and oxygen atoms in total. The van der Waals surface area contributed by atoms with Gasteiger partial charge >= 0.3 is 0 Å². The zero-order valence-electron chi connectivity index (χ0n) is 20.0. The molecule has 4 aromatic rings. The van der Waals surface area contributed by atoms with Crippen molar-refractivity contribution in [1.82, 2.24) is 9.88 Å². The average molecular weight is 483 g/mol. The number of nitrogens with two attached hydrogens (primary N) is 3. The Bertz CT molecular complexity index is 1500. The second-order valence-corrected chi connectivity index (χ2v) is 9.57. The van der Waals surface area contributed by atoms with Crippen LogP contribution in [0.4, 0.5) is 0 Å². The zero-order chi connectivity index (χ0) is 25.4. The lowest BCUT2D eigenvalue weighted by Crippen LogP contribution is -2.41. The predicted molar refractivity (Wildman–Crippen MR) is 142 cm³/mol. The van der Waals surface area contributed by atoms with Gasteiger partial charge in [0, 0.05) is 40.7 Å². The maximum absolute atomic E-state index is 13.5. The minimum atomic E-state index is -0.484. The number of hydrogen-bond donors (Lipinski definition) is 5. The zero-order valence-corrected chi connectivity index (χ0v) is 20.0. The van der Waals surface area contributed by atoms with Gasteiger partial charge in [-0.05, 0) is 60.2 Å². The van der Waals surface area contributed by atoms with Crippen LogP contribution in [-0.2, 0) is 6.54 Å². The fourth-order valence-electron chi connectivity index (χ4n) is 5.19. The third-order valence-corrected chi connectivity index (χ3v) is 7.16. The number of carbonyl (C=O) groups is 2. The average Bonchev–Trinajstić information content (AvgIpc) is 3.23. The first kappa shape index (κ1) is 23.6. The lowest BCUT2D eigenvalue weighted by atomic mass is 9.92. The molecule has 8 N–H and O–H groups in total. The smallest absolute Gasteiger partial charge is 0.268 e. The van der Waals surface area contributed by atoms with Crippen LogP contribution in [0.1, 0.15) is 57.7 Å². The molecule has 1 saturated carbocycles. The van der Waals surface area contributed by atoms with E-state index in [1.54, 1.807) is 12.1 Å². The Balaban J connectivity index is 1.60. The molecule has 0 bridgehead atoms. The van der Waals surface area contributed by atoms with Gasteiger partial charge in [-0.3, -0.25) is 15.0 Å². The molecule has 184 valence electrons. The SMILES string of the molecule is N=C(N)c1ccc2cc(C(=O)NC3CCC(N)CC3)n(Cc3ccc(C(N)=O)c4ccccc34)c2c1. The van der Waals surface area contributed by atoms with Gasteiger partial charge in [0.15, 0.2) is 0 Å². The van der Waals surface area contributed by atoms with Gasteiger partial charge in [-0.2, -0.15) is 0 Å². The molecule has 1 fully saturated rings. The van der Waals surface area contributed by atoms with Crippen molar-refractivity contribution in [2.45, 2.75) is 44.3 Å². The van der Waals surface area contributed by atoms with E-state index in [0.29, 0.717) is 23.4 Å². The number of nitrogens with zero attached hydrogens (tertiary/aromatic N) is 1. The first-order valence-corrected chi connectivity index (χ1v) is 12.2. The van der Waals surface area contributed by atoms with Gasteiger partial charge in [-0.15, -0.1) is 0 Å². The third-order valence-electron chi connectivity index (χ3n) is 7.16. The summed E-state index contributed by atoms with van der Waals surface area (Å²) in [5, 5.41) is 13.6. The number of fused-ring (bicyclic) bond motifs is 2. The molecule has 1 heterocycles. The van der Waals surface area contributed by atoms with Crippen LogP contribution in [-0.4, -0.2) is 34.3 Å². The molecule has 0 unspecified atom stereocenters. The lowest BCUT2D eigenvalue weighted by molar-refractivity contribution is 0.0916. The molecule has 3 aromatic carbocycles. The summed E-state index contributed by atoms with van der Waals surface area (Å²) in [7, 11) is 0. The summed E-state index contributed by atoms with van der Waals surface area (Å²) < 4.78 is 1.96. The molecule has 0 radical (unpaired) electrons. The fraction of sp³-hybridized carbons (Fsp3) is 0.250. The van der Waals surface area contributed by atoms with E-state index in [9.17, 15) is 9.59 Å². The molecular weight excluding hydrogens is 452 g/mol. The Kier molecular flexibility index (Phi) is 6.20. The number of aromatic nitrogens is 1. The number of hydrogen-bond acceptors (Lipinski definition) is 4. The van der Waals surface area contributed by atoms with Gasteiger partial charge in [0.2, 0.25) is 5.91 Å². The van der Waals surface area contributed by atoms with Crippen LogP contribution in [0.3, 0.4) is 0 Å². The quantitative estimate of drug-likeness (QED) is 0.211. The molecule has 8 heteroatoms. The van der Waals surface area contributed by atoms with Crippen LogP contribution in [0.2, 0.25) is 0 Å². The standard InChI is InChI=1S/C28H30N6O2/c29-19-8-10-20(11-9-19)33-28(36)25-13-16-5-6-17(26(30)31)14-24(16)34(25)15-18-7-12-23(27(32)35)22-4-2-1-3-21(18)22/h1-7,12-14,19-20H,8-11,15,29H2,(H3,30,31)(H2,32,35)(H,33,36). The Labute approximate surface area is 208 Å². The Morgan fingerprint density at radius 2 is 1.67 bits per heavy atom. The molecule has 5 rings (SSSR count). The minimum absolute atomic E-state index is 0.0366. The van der Waals surface area contributed by atoms with Gasteiger partial charge in [-0.25, -0.2) is 0 Å². The highest BCUT2D eigenvalue weighted by molar-refractivity contribution is 6.07. The van der Waals surface area contributed by atoms with E-state index in [0.717, 1.165) is 52.9 Å². The number of benzene rings is 3. The number of carbonyl (C=O) groups excluding carboxylic acids is 2. The Hall–Kier alpha value is -4.17. The van der Waals surface area contributed by atoms with Crippen molar-refractivity contribution in [3.63, 3.8) is 0 Å². The summed E-state index contributed by atoms with van der Waals surface area (Å²) in [4.78, 5) is 25.5. The number of nitrogens with one attached hydrogen (secondary N) is 2. The second kappa shape index (κ2) is 9.47. The Morgan fingerprint density at radius 3 is 2.36 bits per heavy atom. The molecule has 0 atom stereocenters. The maximum Gasteiger partial charge on any atom is 0.268 e. The summed E-state index contributed by atoms with van der Waals surface area (Å²) in [6.45, 7) is 0.392. The molecule has 1 aliphatic rings. The molecule has 0 spiro atoms. The van der Waals surface area contributed by atoms with Crippen molar-refractivity contribution in [2.75, 3.05) is 0 Å². The summed E-state index contributed by atoms with van der Waals surface area (Å²) in [5.41, 5.74) is 20.7. The topological polar surface area (TPSA) is 153 Å². The van der Waals surface area contributed by atoms with Gasteiger partial charge < -0.3 is 27.1 Å². The number of primary amides is 1. The Morgan fingerprint density at radius 1 is 0.944 bits per heavy atom. The van der Waals surface area contributed by atoms with Crippen LogP contribution in [0, 0.1) is 5.41 Å². The van der Waals surface area contributed by atoms with Crippen molar-refractivity contribution in [2.24, 2.45) is 17.2 Å². The van der Waals surface area contributed by atoms with Crippen molar-refractivity contribution in [3.8, 4) is 0 Å². The van der Waals surface area contributed by atoms with Crippen molar-refractivity contribution >= 4 is 39.3 Å². The molecule has 0 saturated heterocycles. The van der Waals surface area contributed by atoms with E-state index in [2.05, 4.69) is 5.32 Å². The van der Waals surface area contributed by atoms with E-state index in [1.165, 1.54) is 0 Å². The summed E-state index contributed by atoms with van der Waals surface area (Å²) in [6.07, 6.45) is 3.52. The van der Waals surface area contributed by atoms with E-state index in [-0.39, 0.29) is 23.8 Å². The highest BCUT2D eigenvalue weighted by atomic mass is 16.2. The van der Waals surface area contributed by atoms with Gasteiger partial charge in [0.25, 0.3) is 5.91 Å². The number of amidine groups is 1. The summed E-state index contributed by atoms with van der Waals surface area (Å²) in [5.74, 6) is -0.665. The highest BCUT2D eigenvalue weighted by Crippen LogP contribution is 2.28. The predicted octanol–water partition coefficient (Wildman–Crippen LogP) is 3.23. The van der Waals surface area contributed by atoms with Crippen LogP contribution >= 0.6 is 0 Å². The van der Waals surface area contributed by atoms with Crippen molar-refractivity contribution < 1.29 is 9.59 Å². The van der Waals surface area contributed by atoms with E-state index in [1.807, 2.05) is 53.1 Å². The van der Waals surface area contributed by atoms with E-state index >= 15 is 0 Å². The molecular formula is C28H30N6O2. The first-order chi connectivity index (χ1) is 17.3. The van der Waals surface area contributed by atoms with Gasteiger partial charge in [0.1, 0.15) is 11.5 Å². The first-order valence-electron chi connectivity index (χ1n) is 12.2. The minimum Gasteiger partial charge on any atom is -0.384 e. The fourth-order valence-corrected chi connectivity index (χ4v) is 5.19. The normalized spacial score (nSPS) is 17.8. The number of amides is 2. The van der Waals surface area contributed by atoms with Crippen LogP contribution < -0.4 is 22.5 Å². The van der Waals surface area contributed by atoms with Crippen LogP contribution in [0.5, 0.6) is 0 Å². The highest BCUT2D eigenvalue weighted by Gasteiger charge is 2.23. The van der Waals surface area contributed by atoms with Crippen molar-refractivity contribution in [1.29, 1.82) is 5.41 Å². The van der Waals surface area contributed by atoms with Gasteiger partial charge in [0.05, 0.1) is 0 Å². The van der Waals surface area contributed by atoms with E-state index < -0.39 is 5.91 Å². The molecule has 1 aromatic heterocycles. The third kappa shape index (κ3) is 4.43. The van der Waals surface area contributed by atoms with Crippen LogP contribution in [0.25, 0.3) is 21.7 Å². The van der Waals surface area contributed by atoms with Gasteiger partial charge in [-0.1, -0.05) is 42.5 Å². The lowest BCUT2D eigenvalue weighted by Gasteiger charge is -2.27. The molecule has 36 heavy (non-hydrogen) atoms. The number of nitrogen functional groups attached to an aromatic ring is 1.